The number of fused-ring (bicyclic) bond motifs is 4. The smallest absolute Gasteiger partial charge is 0.407 e. The van der Waals surface area contributed by atoms with Crippen LogP contribution in [0.4, 0.5) is 4.79 Å². The number of H-pyrrole nitrogens is 2. The molecule has 0 radical (unpaired) electrons. The summed E-state index contributed by atoms with van der Waals surface area (Å²) in [5.74, 6) is 0.446. The molecule has 1 atom stereocenters. The number of benzene rings is 3. The highest BCUT2D eigenvalue weighted by molar-refractivity contribution is 6.07. The number of carbonyl (C=O) groups excluding carboxylic acids is 2. The van der Waals surface area contributed by atoms with Crippen LogP contribution in [0.25, 0.3) is 55.2 Å². The molecule has 0 bridgehead atoms. The summed E-state index contributed by atoms with van der Waals surface area (Å²) in [5, 5.41) is 5.23. The van der Waals surface area contributed by atoms with E-state index in [0.717, 1.165) is 46.1 Å². The Kier molecular flexibility index (Phi) is 8.33. The fourth-order valence-electron chi connectivity index (χ4n) is 5.71. The molecule has 45 heavy (non-hydrogen) atoms. The summed E-state index contributed by atoms with van der Waals surface area (Å²) < 4.78 is 10.9. The van der Waals surface area contributed by atoms with Gasteiger partial charge in [-0.2, -0.15) is 0 Å². The number of amides is 2. The number of hydrogen-bond donors (Lipinski definition) is 3. The van der Waals surface area contributed by atoms with Crippen LogP contribution < -0.4 is 10.7 Å². The molecule has 0 aliphatic carbocycles. The first-order chi connectivity index (χ1) is 21.9. The van der Waals surface area contributed by atoms with E-state index >= 15 is 0 Å². The van der Waals surface area contributed by atoms with Crippen molar-refractivity contribution in [3.8, 4) is 22.5 Å². The van der Waals surface area contributed by atoms with E-state index < -0.39 is 6.09 Å². The van der Waals surface area contributed by atoms with Gasteiger partial charge in [-0.3, -0.25) is 9.59 Å². The number of likely N-dealkylation sites (tertiary alicyclic amines) is 1. The van der Waals surface area contributed by atoms with Gasteiger partial charge in [-0.15, -0.1) is 0 Å². The normalized spacial score (nSPS) is 14.5. The quantitative estimate of drug-likeness (QED) is 0.154. The van der Waals surface area contributed by atoms with Gasteiger partial charge < -0.3 is 29.3 Å². The first-order valence-corrected chi connectivity index (χ1v) is 15.0. The van der Waals surface area contributed by atoms with Crippen molar-refractivity contribution in [3.63, 3.8) is 0 Å². The van der Waals surface area contributed by atoms with Crippen molar-refractivity contribution in [1.82, 2.24) is 30.2 Å². The predicted octanol–water partition coefficient (Wildman–Crippen LogP) is 6.32. The Morgan fingerprint density at radius 3 is 2.58 bits per heavy atom. The third kappa shape index (κ3) is 5.76. The van der Waals surface area contributed by atoms with E-state index in [1.165, 1.54) is 13.5 Å². The number of imidazole rings is 2. The predicted molar refractivity (Wildman–Crippen MR) is 173 cm³/mol. The Balaban J connectivity index is 0.00000115. The number of hydrogen-bond acceptors (Lipinski definition) is 7. The van der Waals surface area contributed by atoms with Gasteiger partial charge >= 0.3 is 6.09 Å². The topological polar surface area (TPSA) is 146 Å². The van der Waals surface area contributed by atoms with Crippen LogP contribution in [0.3, 0.4) is 0 Å². The van der Waals surface area contributed by atoms with Crippen molar-refractivity contribution in [2.45, 2.75) is 39.2 Å². The molecule has 0 spiro atoms. The third-order valence-electron chi connectivity index (χ3n) is 7.83. The number of rotatable bonds is 5. The lowest BCUT2D eigenvalue weighted by atomic mass is 10.0. The van der Waals surface area contributed by atoms with Crippen LogP contribution >= 0.6 is 0 Å². The van der Waals surface area contributed by atoms with Crippen molar-refractivity contribution in [2.24, 2.45) is 0 Å². The van der Waals surface area contributed by atoms with E-state index in [-0.39, 0.29) is 23.9 Å². The number of carbonyl (C=O) groups is 2. The molecule has 1 saturated heterocycles. The molecule has 0 unspecified atom stereocenters. The Labute approximate surface area is 258 Å². The van der Waals surface area contributed by atoms with Gasteiger partial charge in [0.2, 0.25) is 11.3 Å². The molecule has 11 nitrogen and oxygen atoms in total. The van der Waals surface area contributed by atoms with E-state index in [0.29, 0.717) is 34.3 Å². The Hall–Kier alpha value is -5.45. The summed E-state index contributed by atoms with van der Waals surface area (Å²) in [5.41, 5.74) is 4.34. The number of alkyl carbamates (subject to hydrolysis) is 1. The summed E-state index contributed by atoms with van der Waals surface area (Å²) in [7, 11) is 1.25. The van der Waals surface area contributed by atoms with Gasteiger partial charge in [-0.05, 0) is 54.6 Å². The number of ether oxygens (including phenoxy) is 1. The third-order valence-corrected chi connectivity index (χ3v) is 7.83. The van der Waals surface area contributed by atoms with E-state index in [1.54, 1.807) is 41.8 Å². The van der Waals surface area contributed by atoms with E-state index in [1.807, 2.05) is 30.3 Å². The van der Waals surface area contributed by atoms with Gasteiger partial charge in [0.15, 0.2) is 0 Å². The number of aromatic amines is 2. The molecule has 1 fully saturated rings. The fourth-order valence-corrected chi connectivity index (χ4v) is 5.71. The summed E-state index contributed by atoms with van der Waals surface area (Å²) in [4.78, 5) is 54.6. The molecule has 230 valence electrons. The zero-order valence-electron chi connectivity index (χ0n) is 25.3. The minimum absolute atomic E-state index is 0.113. The highest BCUT2D eigenvalue weighted by Crippen LogP contribution is 2.33. The maximum Gasteiger partial charge on any atom is 0.407 e. The fraction of sp³-hybridized carbons (Fsp3) is 0.265. The molecule has 2 amide bonds. The molecule has 6 aromatic rings. The number of nitrogens with one attached hydrogen (secondary N) is 3. The SMILES string of the molecule is CCC.COC(=O)NCC(=O)N1CCC[C@@H]1c1ncc(-c2ccc3oc4c(ccc5cc(-c6cnc[nH]6)ccc54)c(=O)c3c2)[nH]1. The van der Waals surface area contributed by atoms with E-state index in [9.17, 15) is 14.4 Å². The first kappa shape index (κ1) is 29.6. The van der Waals surface area contributed by atoms with Gasteiger partial charge in [0, 0.05) is 23.1 Å². The minimum Gasteiger partial charge on any atom is -0.455 e. The molecule has 1 aliphatic heterocycles. The van der Waals surface area contributed by atoms with Crippen LogP contribution in [0, 0.1) is 0 Å². The average molecular weight is 607 g/mol. The largest absolute Gasteiger partial charge is 0.455 e. The maximum atomic E-state index is 13.7. The molecule has 4 heterocycles. The zero-order valence-corrected chi connectivity index (χ0v) is 25.3. The standard InChI is InChI=1S/C31H26N6O5.C3H8/c1-41-31(40)34-15-27(38)37-10-2-3-25(37)30-33-14-24(36-30)19-6-9-26-22(12-19)28(39)21-8-4-17-11-18(23-13-32-16-35-23)5-7-20(17)29(21)42-26;1-3-2/h4-9,11-14,16,25H,2-3,10,15H2,1H3,(H,32,35)(H,33,36)(H,34,40);3H2,1-2H3/t25-;/m1./s1. The van der Waals surface area contributed by atoms with Crippen LogP contribution in [0.1, 0.15) is 45.0 Å². The average Bonchev–Trinajstić information content (AvgIpc) is 3.86. The van der Waals surface area contributed by atoms with Crippen molar-refractivity contribution >= 4 is 44.7 Å². The molecule has 3 aromatic carbocycles. The van der Waals surface area contributed by atoms with Crippen molar-refractivity contribution in [1.29, 1.82) is 0 Å². The lowest BCUT2D eigenvalue weighted by molar-refractivity contribution is -0.131. The molecular weight excluding hydrogens is 572 g/mol. The summed E-state index contributed by atoms with van der Waals surface area (Å²) >= 11 is 0. The maximum absolute atomic E-state index is 13.7. The monoisotopic (exact) mass is 606 g/mol. The Bertz CT molecular complexity index is 2060. The lowest BCUT2D eigenvalue weighted by Crippen LogP contribution is -2.40. The van der Waals surface area contributed by atoms with Gasteiger partial charge in [0.1, 0.15) is 23.5 Å². The van der Waals surface area contributed by atoms with Gasteiger partial charge in [0.05, 0.1) is 54.0 Å². The van der Waals surface area contributed by atoms with Crippen LogP contribution in [-0.2, 0) is 9.53 Å². The molecule has 1 aliphatic rings. The van der Waals surface area contributed by atoms with Crippen LogP contribution in [-0.4, -0.2) is 57.0 Å². The summed E-state index contributed by atoms with van der Waals surface area (Å²) in [6.45, 7) is 4.68. The van der Waals surface area contributed by atoms with Crippen molar-refractivity contribution < 1.29 is 18.7 Å². The molecule has 3 aromatic heterocycles. The van der Waals surface area contributed by atoms with Crippen LogP contribution in [0.15, 0.2) is 76.5 Å². The second-order valence-electron chi connectivity index (χ2n) is 11.0. The number of nitrogens with zero attached hydrogens (tertiary/aromatic N) is 3. The number of methoxy groups -OCH3 is 1. The molecule has 7 rings (SSSR count). The summed E-state index contributed by atoms with van der Waals surface area (Å²) in [6.07, 6.45) is 7.29. The molecule has 11 heteroatoms. The molecule has 3 N–H and O–H groups in total. The van der Waals surface area contributed by atoms with E-state index in [2.05, 4.69) is 43.8 Å². The second kappa shape index (κ2) is 12.7. The number of aromatic nitrogens is 4. The van der Waals surface area contributed by atoms with Gasteiger partial charge in [-0.25, -0.2) is 14.8 Å². The highest BCUT2D eigenvalue weighted by atomic mass is 16.5. The molecular formula is C34H34N6O5. The highest BCUT2D eigenvalue weighted by Gasteiger charge is 2.32. The first-order valence-electron chi connectivity index (χ1n) is 15.0. The van der Waals surface area contributed by atoms with Gasteiger partial charge in [-0.1, -0.05) is 32.4 Å². The second-order valence-corrected chi connectivity index (χ2v) is 11.0. The zero-order chi connectivity index (χ0) is 31.5. The lowest BCUT2D eigenvalue weighted by Gasteiger charge is -2.23. The molecule has 0 saturated carbocycles. The van der Waals surface area contributed by atoms with Gasteiger partial charge in [0.25, 0.3) is 0 Å². The Morgan fingerprint density at radius 2 is 1.80 bits per heavy atom. The Morgan fingerprint density at radius 1 is 1.02 bits per heavy atom. The van der Waals surface area contributed by atoms with Crippen molar-refractivity contribution in [3.05, 3.63) is 83.3 Å². The van der Waals surface area contributed by atoms with E-state index in [4.69, 9.17) is 4.42 Å². The summed E-state index contributed by atoms with van der Waals surface area (Å²) in [6, 6.07) is 15.0. The minimum atomic E-state index is -0.652. The van der Waals surface area contributed by atoms with Crippen LogP contribution in [0.5, 0.6) is 0 Å². The van der Waals surface area contributed by atoms with Crippen molar-refractivity contribution in [2.75, 3.05) is 20.2 Å². The van der Waals surface area contributed by atoms with Crippen LogP contribution in [0.2, 0.25) is 0 Å².